The molecule has 1 aromatic rings. The lowest BCUT2D eigenvalue weighted by molar-refractivity contribution is 0.0747. The van der Waals surface area contributed by atoms with E-state index in [0.29, 0.717) is 12.0 Å². The molecule has 1 amide bonds. The third kappa shape index (κ3) is 3.16. The van der Waals surface area contributed by atoms with E-state index in [0.717, 1.165) is 24.2 Å². The number of amides is 1. The largest absolute Gasteiger partial charge is 0.384 e. The first kappa shape index (κ1) is 16.1. The lowest BCUT2D eigenvalue weighted by Gasteiger charge is -2.23. The molecule has 2 heterocycles. The summed E-state index contributed by atoms with van der Waals surface area (Å²) in [4.78, 5) is 14.0. The fraction of sp³-hybridized carbons (Fsp3) is 0.500. The fourth-order valence-electron chi connectivity index (χ4n) is 2.89. The molecule has 2 aliphatic rings. The van der Waals surface area contributed by atoms with Gasteiger partial charge in [0.05, 0.1) is 11.5 Å². The predicted molar refractivity (Wildman–Crippen MR) is 85.0 cm³/mol. The van der Waals surface area contributed by atoms with Gasteiger partial charge in [-0.25, -0.2) is 8.42 Å². The molecule has 0 radical (unpaired) electrons. The smallest absolute Gasteiger partial charge is 0.253 e. The summed E-state index contributed by atoms with van der Waals surface area (Å²) in [5.41, 5.74) is 2.88. The van der Waals surface area contributed by atoms with Crippen LogP contribution in [0, 0.1) is 0 Å². The van der Waals surface area contributed by atoms with Gasteiger partial charge in [0.15, 0.2) is 9.84 Å². The Bertz CT molecular complexity index is 660. The lowest BCUT2D eigenvalue weighted by Crippen LogP contribution is -2.37. The molecule has 7 heteroatoms. The molecule has 1 unspecified atom stereocenters. The highest BCUT2D eigenvalue weighted by Crippen LogP contribution is 2.25. The number of anilines is 1. The van der Waals surface area contributed by atoms with Gasteiger partial charge in [0.2, 0.25) is 0 Å². The summed E-state index contributed by atoms with van der Waals surface area (Å²) in [6, 6.07) is 5.45. The van der Waals surface area contributed by atoms with Crippen molar-refractivity contribution >= 4 is 33.8 Å². The highest BCUT2D eigenvalue weighted by molar-refractivity contribution is 7.91. The van der Waals surface area contributed by atoms with E-state index in [1.165, 1.54) is 0 Å². The van der Waals surface area contributed by atoms with E-state index in [2.05, 4.69) is 5.32 Å². The van der Waals surface area contributed by atoms with Crippen LogP contribution in [0.4, 0.5) is 5.69 Å². The quantitative estimate of drug-likeness (QED) is 0.888. The van der Waals surface area contributed by atoms with Crippen LogP contribution in [0.25, 0.3) is 0 Å². The minimum absolute atomic E-state index is 0. The van der Waals surface area contributed by atoms with Crippen molar-refractivity contribution in [2.75, 3.05) is 30.4 Å². The lowest BCUT2D eigenvalue weighted by atomic mass is 10.1. The van der Waals surface area contributed by atoms with Gasteiger partial charge in [-0.2, -0.15) is 0 Å². The SMILES string of the molecule is CN(C(=O)c1ccc2c(c1)CCN2)C1CCS(=O)(=O)C1.Cl. The maximum atomic E-state index is 12.5. The molecule has 1 fully saturated rings. The maximum Gasteiger partial charge on any atom is 0.253 e. The Hall–Kier alpha value is -1.27. The summed E-state index contributed by atoms with van der Waals surface area (Å²) in [7, 11) is -1.28. The maximum absolute atomic E-state index is 12.5. The zero-order valence-electron chi connectivity index (χ0n) is 11.8. The molecule has 0 aliphatic carbocycles. The number of carbonyl (C=O) groups is 1. The van der Waals surface area contributed by atoms with Crippen molar-refractivity contribution in [1.82, 2.24) is 4.90 Å². The van der Waals surface area contributed by atoms with Crippen LogP contribution in [-0.2, 0) is 16.3 Å². The zero-order valence-corrected chi connectivity index (χ0v) is 13.5. The average molecular weight is 331 g/mol. The first-order valence-electron chi connectivity index (χ1n) is 6.81. The molecule has 0 saturated carbocycles. The average Bonchev–Trinajstić information content (AvgIpc) is 3.02. The van der Waals surface area contributed by atoms with E-state index >= 15 is 0 Å². The Balaban J connectivity index is 0.00000161. The number of nitrogens with zero attached hydrogens (tertiary/aromatic N) is 1. The minimum atomic E-state index is -2.97. The van der Waals surface area contributed by atoms with Crippen LogP contribution >= 0.6 is 12.4 Å². The van der Waals surface area contributed by atoms with Crippen molar-refractivity contribution in [1.29, 1.82) is 0 Å². The van der Waals surface area contributed by atoms with Gasteiger partial charge in [-0.05, 0) is 36.6 Å². The van der Waals surface area contributed by atoms with E-state index in [1.807, 2.05) is 12.1 Å². The summed E-state index contributed by atoms with van der Waals surface area (Å²) in [6.45, 7) is 0.906. The number of sulfone groups is 1. The van der Waals surface area contributed by atoms with Crippen LogP contribution in [0.5, 0.6) is 0 Å². The standard InChI is InChI=1S/C14H18N2O3S.ClH/c1-16(12-5-7-20(18,19)9-12)14(17)11-2-3-13-10(8-11)4-6-15-13;/h2-3,8,12,15H,4-7,9H2,1H3;1H. The molecule has 3 rings (SSSR count). The van der Waals surface area contributed by atoms with Gasteiger partial charge >= 0.3 is 0 Å². The molecule has 1 atom stereocenters. The summed E-state index contributed by atoms with van der Waals surface area (Å²) in [5.74, 6) is 0.173. The molecule has 1 saturated heterocycles. The van der Waals surface area contributed by atoms with Crippen molar-refractivity contribution in [2.24, 2.45) is 0 Å². The van der Waals surface area contributed by atoms with Gasteiger partial charge in [0.25, 0.3) is 5.91 Å². The molecule has 21 heavy (non-hydrogen) atoms. The van der Waals surface area contributed by atoms with Gasteiger partial charge in [-0.1, -0.05) is 0 Å². The number of fused-ring (bicyclic) bond motifs is 1. The Kier molecular flexibility index (Phi) is 4.49. The third-order valence-electron chi connectivity index (χ3n) is 4.14. The van der Waals surface area contributed by atoms with Gasteiger partial charge in [0.1, 0.15) is 0 Å². The van der Waals surface area contributed by atoms with Crippen LogP contribution in [0.15, 0.2) is 18.2 Å². The number of halogens is 1. The molecule has 0 bridgehead atoms. The summed E-state index contributed by atoms with van der Waals surface area (Å²) >= 11 is 0. The van der Waals surface area contributed by atoms with Crippen molar-refractivity contribution in [3.63, 3.8) is 0 Å². The highest BCUT2D eigenvalue weighted by atomic mass is 35.5. The second-order valence-corrected chi connectivity index (χ2v) is 7.75. The van der Waals surface area contributed by atoms with Crippen LogP contribution in [0.2, 0.25) is 0 Å². The number of rotatable bonds is 2. The van der Waals surface area contributed by atoms with Gasteiger partial charge in [-0.3, -0.25) is 4.79 Å². The molecule has 0 spiro atoms. The van der Waals surface area contributed by atoms with E-state index in [9.17, 15) is 13.2 Å². The Morgan fingerprint density at radius 2 is 2.14 bits per heavy atom. The Morgan fingerprint density at radius 3 is 2.81 bits per heavy atom. The minimum Gasteiger partial charge on any atom is -0.384 e. The Labute approximate surface area is 131 Å². The number of benzene rings is 1. The van der Waals surface area contributed by atoms with Crippen molar-refractivity contribution in [2.45, 2.75) is 18.9 Å². The first-order chi connectivity index (χ1) is 9.46. The van der Waals surface area contributed by atoms with Gasteiger partial charge in [-0.15, -0.1) is 12.4 Å². The van der Waals surface area contributed by atoms with Crippen molar-refractivity contribution in [3.05, 3.63) is 29.3 Å². The molecule has 116 valence electrons. The molecule has 5 nitrogen and oxygen atoms in total. The van der Waals surface area contributed by atoms with Crippen LogP contribution in [0.1, 0.15) is 22.3 Å². The number of hydrogen-bond acceptors (Lipinski definition) is 4. The Morgan fingerprint density at radius 1 is 1.38 bits per heavy atom. The van der Waals surface area contributed by atoms with E-state index in [4.69, 9.17) is 0 Å². The molecule has 0 aromatic heterocycles. The highest BCUT2D eigenvalue weighted by Gasteiger charge is 2.33. The van der Waals surface area contributed by atoms with Crippen molar-refractivity contribution in [3.8, 4) is 0 Å². The van der Waals surface area contributed by atoms with Crippen LogP contribution in [0.3, 0.4) is 0 Å². The van der Waals surface area contributed by atoms with Crippen LogP contribution in [-0.4, -0.2) is 50.4 Å². The van der Waals surface area contributed by atoms with Crippen molar-refractivity contribution < 1.29 is 13.2 Å². The second kappa shape index (κ2) is 5.85. The third-order valence-corrected chi connectivity index (χ3v) is 5.89. The van der Waals surface area contributed by atoms with Gasteiger partial charge < -0.3 is 10.2 Å². The van der Waals surface area contributed by atoms with E-state index < -0.39 is 9.84 Å². The monoisotopic (exact) mass is 330 g/mol. The van der Waals surface area contributed by atoms with E-state index in [1.54, 1.807) is 18.0 Å². The second-order valence-electron chi connectivity index (χ2n) is 5.52. The molecule has 2 aliphatic heterocycles. The fourth-order valence-corrected chi connectivity index (χ4v) is 4.66. The summed E-state index contributed by atoms with van der Waals surface area (Å²) in [6.07, 6.45) is 1.47. The molecule has 1 aromatic carbocycles. The molecular formula is C14H19ClN2O3S. The zero-order chi connectivity index (χ0) is 14.3. The number of hydrogen-bond donors (Lipinski definition) is 1. The topological polar surface area (TPSA) is 66.5 Å². The molecular weight excluding hydrogens is 312 g/mol. The van der Waals surface area contributed by atoms with Gasteiger partial charge in [0, 0.05) is 30.9 Å². The summed E-state index contributed by atoms with van der Waals surface area (Å²) in [5, 5.41) is 3.26. The molecule has 1 N–H and O–H groups in total. The normalized spacial score (nSPS) is 22.0. The van der Waals surface area contributed by atoms with E-state index in [-0.39, 0.29) is 35.9 Å². The summed E-state index contributed by atoms with van der Waals surface area (Å²) < 4.78 is 23.0. The van der Waals surface area contributed by atoms with Crippen LogP contribution < -0.4 is 5.32 Å². The predicted octanol–water partition coefficient (Wildman–Crippen LogP) is 1.34. The first-order valence-corrected chi connectivity index (χ1v) is 8.63. The number of carbonyl (C=O) groups excluding carboxylic acids is 1. The number of nitrogens with one attached hydrogen (secondary N) is 1.